The number of aromatic nitrogens is 1. The predicted molar refractivity (Wildman–Crippen MR) is 115 cm³/mol. The normalized spacial score (nSPS) is 11.0. The zero-order valence-corrected chi connectivity index (χ0v) is 18.1. The van der Waals surface area contributed by atoms with Crippen molar-refractivity contribution in [3.8, 4) is 5.75 Å². The van der Waals surface area contributed by atoms with Crippen molar-refractivity contribution in [3.05, 3.63) is 53.3 Å². The number of nitrogens with one attached hydrogen (secondary N) is 1. The Kier molecular flexibility index (Phi) is 8.82. The molecule has 1 heterocycles. The zero-order valence-electron chi connectivity index (χ0n) is 15.7. The Morgan fingerprint density at radius 2 is 2.08 bits per heavy atom. The van der Waals surface area contributed by atoms with E-state index in [2.05, 4.69) is 77.3 Å². The Hall–Kier alpha value is -1.70. The summed E-state index contributed by atoms with van der Waals surface area (Å²) in [5, 5.41) is 3.43. The highest BCUT2D eigenvalue weighted by Gasteiger charge is 2.08. The molecule has 1 N–H and O–H groups in total. The van der Waals surface area contributed by atoms with Crippen LogP contribution < -0.4 is 10.1 Å². The lowest BCUT2D eigenvalue weighted by atomic mass is 10.1. The van der Waals surface area contributed by atoms with Gasteiger partial charge in [0.2, 0.25) is 0 Å². The van der Waals surface area contributed by atoms with E-state index >= 15 is 0 Å². The molecule has 0 amide bonds. The third-order valence-electron chi connectivity index (χ3n) is 4.19. The summed E-state index contributed by atoms with van der Waals surface area (Å²) in [5.74, 6) is 1.84. The van der Waals surface area contributed by atoms with Crippen LogP contribution in [-0.2, 0) is 20.0 Å². The van der Waals surface area contributed by atoms with E-state index in [4.69, 9.17) is 4.74 Å². The van der Waals surface area contributed by atoms with Crippen molar-refractivity contribution in [2.24, 2.45) is 12.0 Å². The number of aryl methyl sites for hydroxylation is 2. The quantitative estimate of drug-likeness (QED) is 0.413. The van der Waals surface area contributed by atoms with Gasteiger partial charge in [-0.1, -0.05) is 12.1 Å². The third-order valence-corrected chi connectivity index (χ3v) is 4.19. The molecular formula is C19H29IN4O. The van der Waals surface area contributed by atoms with Gasteiger partial charge in [-0.05, 0) is 42.7 Å². The van der Waals surface area contributed by atoms with Crippen molar-refractivity contribution < 1.29 is 4.74 Å². The fourth-order valence-corrected chi connectivity index (χ4v) is 2.70. The maximum atomic E-state index is 5.39. The van der Waals surface area contributed by atoms with Gasteiger partial charge in [0.15, 0.2) is 5.96 Å². The smallest absolute Gasteiger partial charge is 0.193 e. The average molecular weight is 456 g/mol. The van der Waals surface area contributed by atoms with E-state index in [-0.39, 0.29) is 24.0 Å². The van der Waals surface area contributed by atoms with Gasteiger partial charge in [0, 0.05) is 39.6 Å². The first kappa shape index (κ1) is 21.3. The minimum Gasteiger partial charge on any atom is -0.496 e. The van der Waals surface area contributed by atoms with Crippen LogP contribution in [0.15, 0.2) is 41.5 Å². The van der Waals surface area contributed by atoms with Gasteiger partial charge in [0.25, 0.3) is 0 Å². The van der Waals surface area contributed by atoms with Crippen molar-refractivity contribution in [2.45, 2.75) is 19.9 Å². The van der Waals surface area contributed by atoms with Crippen molar-refractivity contribution in [1.29, 1.82) is 0 Å². The van der Waals surface area contributed by atoms with Crippen LogP contribution >= 0.6 is 24.0 Å². The zero-order chi connectivity index (χ0) is 17.5. The molecule has 2 rings (SSSR count). The molecule has 0 spiro atoms. The van der Waals surface area contributed by atoms with E-state index in [1.807, 2.05) is 7.05 Å². The molecule has 0 bridgehead atoms. The highest BCUT2D eigenvalue weighted by atomic mass is 127. The molecule has 0 unspecified atom stereocenters. The van der Waals surface area contributed by atoms with Crippen LogP contribution in [0.4, 0.5) is 0 Å². The average Bonchev–Trinajstić information content (AvgIpc) is 2.97. The molecule has 0 radical (unpaired) electrons. The molecule has 0 saturated heterocycles. The van der Waals surface area contributed by atoms with Gasteiger partial charge in [0.05, 0.1) is 13.7 Å². The van der Waals surface area contributed by atoms with E-state index < -0.39 is 0 Å². The number of rotatable bonds is 6. The fourth-order valence-electron chi connectivity index (χ4n) is 2.70. The van der Waals surface area contributed by atoms with Crippen LogP contribution in [0.25, 0.3) is 0 Å². The molecule has 5 nitrogen and oxygen atoms in total. The first-order valence-corrected chi connectivity index (χ1v) is 8.20. The summed E-state index contributed by atoms with van der Waals surface area (Å²) in [5.41, 5.74) is 3.67. The molecule has 0 aliphatic carbocycles. The molecule has 0 aliphatic heterocycles. The summed E-state index contributed by atoms with van der Waals surface area (Å²) in [6, 6.07) is 10.5. The summed E-state index contributed by atoms with van der Waals surface area (Å²) >= 11 is 0. The molecule has 6 heteroatoms. The Morgan fingerprint density at radius 3 is 2.68 bits per heavy atom. The highest BCUT2D eigenvalue weighted by Crippen LogP contribution is 2.19. The Labute approximate surface area is 168 Å². The fraction of sp³-hybridized carbons (Fsp3) is 0.421. The van der Waals surface area contributed by atoms with Gasteiger partial charge in [-0.2, -0.15) is 0 Å². The van der Waals surface area contributed by atoms with Crippen molar-refractivity contribution in [2.75, 3.05) is 27.7 Å². The molecule has 25 heavy (non-hydrogen) atoms. The van der Waals surface area contributed by atoms with Crippen molar-refractivity contribution in [3.63, 3.8) is 0 Å². The first-order chi connectivity index (χ1) is 11.5. The minimum atomic E-state index is 0. The lowest BCUT2D eigenvalue weighted by Gasteiger charge is -2.22. The van der Waals surface area contributed by atoms with E-state index in [1.54, 1.807) is 7.11 Å². The van der Waals surface area contributed by atoms with Crippen molar-refractivity contribution in [1.82, 2.24) is 14.8 Å². The van der Waals surface area contributed by atoms with Crippen LogP contribution in [0.3, 0.4) is 0 Å². The van der Waals surface area contributed by atoms with Gasteiger partial charge in [-0.25, -0.2) is 0 Å². The maximum absolute atomic E-state index is 5.39. The standard InChI is InChI=1S/C19H28N4O.HI/c1-15-8-9-16(13-18(15)24-5)10-11-21-19(20-2)23(4)14-17-7-6-12-22(17)3;/h6-9,12-13H,10-11,14H2,1-5H3,(H,20,21);1H. The summed E-state index contributed by atoms with van der Waals surface area (Å²) in [6.45, 7) is 3.71. The van der Waals surface area contributed by atoms with E-state index in [0.29, 0.717) is 0 Å². The molecular weight excluding hydrogens is 427 g/mol. The van der Waals surface area contributed by atoms with Gasteiger partial charge in [-0.15, -0.1) is 24.0 Å². The summed E-state index contributed by atoms with van der Waals surface area (Å²) in [4.78, 5) is 6.50. The summed E-state index contributed by atoms with van der Waals surface area (Å²) < 4.78 is 7.52. The van der Waals surface area contributed by atoms with Crippen LogP contribution in [-0.4, -0.2) is 43.2 Å². The molecule has 0 fully saturated rings. The lowest BCUT2D eigenvalue weighted by molar-refractivity contribution is 0.411. The van der Waals surface area contributed by atoms with Gasteiger partial charge < -0.3 is 19.5 Å². The number of benzene rings is 1. The molecule has 1 aromatic heterocycles. The Bertz CT molecular complexity index is 696. The topological polar surface area (TPSA) is 41.8 Å². The number of hydrogen-bond donors (Lipinski definition) is 1. The number of aliphatic imine (C=N–C) groups is 1. The SMILES string of the molecule is CN=C(NCCc1ccc(C)c(OC)c1)N(C)Cc1cccn1C.I. The maximum Gasteiger partial charge on any atom is 0.193 e. The molecule has 0 atom stereocenters. The number of ether oxygens (including phenoxy) is 1. The number of methoxy groups -OCH3 is 1. The van der Waals surface area contributed by atoms with Gasteiger partial charge >= 0.3 is 0 Å². The molecule has 2 aromatic rings. The van der Waals surface area contributed by atoms with E-state index in [0.717, 1.165) is 36.8 Å². The number of nitrogens with zero attached hydrogens (tertiary/aromatic N) is 3. The predicted octanol–water partition coefficient (Wildman–Crippen LogP) is 3.21. The van der Waals surface area contributed by atoms with Gasteiger partial charge in [-0.3, -0.25) is 4.99 Å². The lowest BCUT2D eigenvalue weighted by Crippen LogP contribution is -2.39. The van der Waals surface area contributed by atoms with Crippen molar-refractivity contribution >= 4 is 29.9 Å². The van der Waals surface area contributed by atoms with Gasteiger partial charge in [0.1, 0.15) is 5.75 Å². The first-order valence-electron chi connectivity index (χ1n) is 8.20. The second-order valence-corrected chi connectivity index (χ2v) is 5.99. The number of guanidine groups is 1. The number of halogens is 1. The third kappa shape index (κ3) is 5.95. The van der Waals surface area contributed by atoms with Crippen LogP contribution in [0.1, 0.15) is 16.8 Å². The molecule has 1 aromatic carbocycles. The molecule has 138 valence electrons. The Morgan fingerprint density at radius 1 is 1.32 bits per heavy atom. The monoisotopic (exact) mass is 456 g/mol. The molecule has 0 aliphatic rings. The molecule has 0 saturated carbocycles. The highest BCUT2D eigenvalue weighted by molar-refractivity contribution is 14.0. The van der Waals surface area contributed by atoms with E-state index in [1.165, 1.54) is 11.3 Å². The largest absolute Gasteiger partial charge is 0.496 e. The Balaban J connectivity index is 0.00000312. The summed E-state index contributed by atoms with van der Waals surface area (Å²) in [6.07, 6.45) is 2.98. The number of hydrogen-bond acceptors (Lipinski definition) is 2. The minimum absolute atomic E-state index is 0. The van der Waals surface area contributed by atoms with Crippen LogP contribution in [0, 0.1) is 6.92 Å². The van der Waals surface area contributed by atoms with Crippen LogP contribution in [0.2, 0.25) is 0 Å². The summed E-state index contributed by atoms with van der Waals surface area (Å²) in [7, 11) is 7.64. The van der Waals surface area contributed by atoms with Crippen LogP contribution in [0.5, 0.6) is 5.75 Å². The van der Waals surface area contributed by atoms with E-state index in [9.17, 15) is 0 Å². The second-order valence-electron chi connectivity index (χ2n) is 5.99. The second kappa shape index (κ2) is 10.3.